The number of ether oxygens (including phenoxy) is 1. The smallest absolute Gasteiger partial charge is 0.309 e. The molecule has 0 saturated carbocycles. The van der Waals surface area contributed by atoms with Crippen LogP contribution in [0.3, 0.4) is 0 Å². The third-order valence-electron chi connectivity index (χ3n) is 4.90. The number of likely N-dealkylation sites (N-methyl/N-ethyl adjacent to an activating group) is 1. The van der Waals surface area contributed by atoms with Gasteiger partial charge in [-0.05, 0) is 58.9 Å². The summed E-state index contributed by atoms with van der Waals surface area (Å²) in [6.07, 6.45) is 4.15. The van der Waals surface area contributed by atoms with E-state index in [4.69, 9.17) is 4.74 Å². The summed E-state index contributed by atoms with van der Waals surface area (Å²) in [6.45, 7) is 4.13. The summed E-state index contributed by atoms with van der Waals surface area (Å²) in [4.78, 5) is 29.8. The van der Waals surface area contributed by atoms with Crippen LogP contribution in [0.1, 0.15) is 25.7 Å². The predicted molar refractivity (Wildman–Crippen MR) is 84.5 cm³/mol. The summed E-state index contributed by atoms with van der Waals surface area (Å²) in [5.41, 5.74) is 0. The van der Waals surface area contributed by atoms with Gasteiger partial charge in [0.25, 0.3) is 5.91 Å². The fraction of sp³-hybridized carbons (Fsp3) is 0.875. The zero-order chi connectivity index (χ0) is 16.1. The zero-order valence-electron chi connectivity index (χ0n) is 14.1. The quantitative estimate of drug-likeness (QED) is 0.705. The first-order valence-corrected chi connectivity index (χ1v) is 8.26. The number of piperidine rings is 2. The van der Waals surface area contributed by atoms with E-state index in [9.17, 15) is 9.59 Å². The molecule has 1 amide bonds. The van der Waals surface area contributed by atoms with E-state index < -0.39 is 0 Å². The zero-order valence-corrected chi connectivity index (χ0v) is 14.1. The number of carbonyl (C=O) groups is 2. The lowest BCUT2D eigenvalue weighted by atomic mass is 9.93. The second kappa shape index (κ2) is 7.92. The lowest BCUT2D eigenvalue weighted by Gasteiger charge is -2.40. The average Bonchev–Trinajstić information content (AvgIpc) is 2.53. The molecule has 2 aliphatic rings. The molecular formula is C16H29N3O3. The van der Waals surface area contributed by atoms with Gasteiger partial charge in [-0.3, -0.25) is 9.59 Å². The van der Waals surface area contributed by atoms with Crippen LogP contribution in [0.2, 0.25) is 0 Å². The maximum absolute atomic E-state index is 12.0. The Bertz CT molecular complexity index is 384. The van der Waals surface area contributed by atoms with Gasteiger partial charge in [0.15, 0.2) is 6.61 Å². The van der Waals surface area contributed by atoms with Crippen molar-refractivity contribution in [3.05, 3.63) is 0 Å². The summed E-state index contributed by atoms with van der Waals surface area (Å²) in [6, 6.07) is 0.670. The van der Waals surface area contributed by atoms with Crippen LogP contribution in [0.25, 0.3) is 0 Å². The van der Waals surface area contributed by atoms with Crippen molar-refractivity contribution in [1.82, 2.24) is 14.7 Å². The molecule has 0 atom stereocenters. The minimum Gasteiger partial charge on any atom is -0.455 e. The Morgan fingerprint density at radius 2 is 1.64 bits per heavy atom. The molecule has 2 fully saturated rings. The van der Waals surface area contributed by atoms with E-state index >= 15 is 0 Å². The molecular weight excluding hydrogens is 282 g/mol. The molecule has 0 aliphatic carbocycles. The molecule has 0 bridgehead atoms. The summed E-state index contributed by atoms with van der Waals surface area (Å²) < 4.78 is 5.14. The first-order valence-electron chi connectivity index (χ1n) is 8.26. The second-order valence-electron chi connectivity index (χ2n) is 6.74. The molecule has 0 aromatic carbocycles. The van der Waals surface area contributed by atoms with E-state index in [0.717, 1.165) is 25.9 Å². The van der Waals surface area contributed by atoms with Crippen molar-refractivity contribution >= 4 is 11.9 Å². The molecule has 0 aromatic heterocycles. The molecule has 22 heavy (non-hydrogen) atoms. The Morgan fingerprint density at radius 1 is 1.05 bits per heavy atom. The van der Waals surface area contributed by atoms with Crippen LogP contribution in [0.4, 0.5) is 0 Å². The highest BCUT2D eigenvalue weighted by Gasteiger charge is 2.31. The van der Waals surface area contributed by atoms with Gasteiger partial charge in [-0.15, -0.1) is 0 Å². The van der Waals surface area contributed by atoms with Crippen LogP contribution in [0.15, 0.2) is 0 Å². The van der Waals surface area contributed by atoms with Gasteiger partial charge in [0.2, 0.25) is 0 Å². The normalized spacial score (nSPS) is 22.5. The molecule has 0 aromatic rings. The maximum Gasteiger partial charge on any atom is 0.309 e. The SMILES string of the molecule is CN1CCC(N2CCC(C(=O)OCC(=O)N(C)C)CC2)CC1. The minimum atomic E-state index is -0.210. The van der Waals surface area contributed by atoms with E-state index in [1.54, 1.807) is 14.1 Å². The topological polar surface area (TPSA) is 53.1 Å². The molecule has 2 saturated heterocycles. The highest BCUT2D eigenvalue weighted by molar-refractivity contribution is 5.81. The van der Waals surface area contributed by atoms with E-state index in [-0.39, 0.29) is 24.4 Å². The third kappa shape index (κ3) is 4.68. The van der Waals surface area contributed by atoms with Crippen molar-refractivity contribution in [3.63, 3.8) is 0 Å². The van der Waals surface area contributed by atoms with Gasteiger partial charge in [0, 0.05) is 20.1 Å². The maximum atomic E-state index is 12.0. The van der Waals surface area contributed by atoms with Crippen molar-refractivity contribution in [3.8, 4) is 0 Å². The minimum absolute atomic E-state index is 0.0440. The Kier molecular flexibility index (Phi) is 6.20. The number of likely N-dealkylation sites (tertiary alicyclic amines) is 2. The van der Waals surface area contributed by atoms with Gasteiger partial charge in [-0.2, -0.15) is 0 Å². The fourth-order valence-corrected chi connectivity index (χ4v) is 3.24. The van der Waals surface area contributed by atoms with Gasteiger partial charge in [-0.25, -0.2) is 0 Å². The van der Waals surface area contributed by atoms with E-state index in [1.807, 2.05) is 0 Å². The van der Waals surface area contributed by atoms with Crippen LogP contribution < -0.4 is 0 Å². The van der Waals surface area contributed by atoms with Crippen molar-refractivity contribution in [2.45, 2.75) is 31.7 Å². The first kappa shape index (κ1) is 17.2. The molecule has 6 nitrogen and oxygen atoms in total. The van der Waals surface area contributed by atoms with Crippen molar-refractivity contribution < 1.29 is 14.3 Å². The standard InChI is InChI=1S/C16H29N3O3/c1-17(2)15(20)12-22-16(21)13-4-10-19(11-5-13)14-6-8-18(3)9-7-14/h13-14H,4-12H2,1-3H3. The summed E-state index contributed by atoms with van der Waals surface area (Å²) in [5.74, 6) is -0.423. The Hall–Kier alpha value is -1.14. The monoisotopic (exact) mass is 311 g/mol. The van der Waals surface area contributed by atoms with Crippen LogP contribution in [-0.2, 0) is 14.3 Å². The van der Waals surface area contributed by atoms with Gasteiger partial charge >= 0.3 is 5.97 Å². The highest BCUT2D eigenvalue weighted by atomic mass is 16.5. The van der Waals surface area contributed by atoms with Gasteiger partial charge < -0.3 is 19.4 Å². The number of esters is 1. The third-order valence-corrected chi connectivity index (χ3v) is 4.90. The number of nitrogens with zero attached hydrogens (tertiary/aromatic N) is 3. The predicted octanol–water partition coefficient (Wildman–Crippen LogP) is 0.424. The van der Waals surface area contributed by atoms with Crippen LogP contribution >= 0.6 is 0 Å². The molecule has 0 radical (unpaired) electrons. The summed E-state index contributed by atoms with van der Waals surface area (Å²) in [7, 11) is 5.50. The molecule has 0 spiro atoms. The van der Waals surface area contributed by atoms with Crippen molar-refractivity contribution in [2.24, 2.45) is 5.92 Å². The summed E-state index contributed by atoms with van der Waals surface area (Å²) in [5, 5.41) is 0. The average molecular weight is 311 g/mol. The number of hydrogen-bond donors (Lipinski definition) is 0. The molecule has 0 unspecified atom stereocenters. The molecule has 126 valence electrons. The number of rotatable bonds is 4. The molecule has 2 heterocycles. The lowest BCUT2D eigenvalue weighted by molar-refractivity contribution is -0.156. The van der Waals surface area contributed by atoms with E-state index in [2.05, 4.69) is 16.8 Å². The highest BCUT2D eigenvalue weighted by Crippen LogP contribution is 2.24. The van der Waals surface area contributed by atoms with Gasteiger partial charge in [-0.1, -0.05) is 0 Å². The second-order valence-corrected chi connectivity index (χ2v) is 6.74. The largest absolute Gasteiger partial charge is 0.455 e. The van der Waals surface area contributed by atoms with Crippen LogP contribution in [0.5, 0.6) is 0 Å². The number of carbonyl (C=O) groups excluding carboxylic acids is 2. The molecule has 0 N–H and O–H groups in total. The molecule has 6 heteroatoms. The van der Waals surface area contributed by atoms with Crippen molar-refractivity contribution in [2.75, 3.05) is 53.9 Å². The Balaban J connectivity index is 1.70. The lowest BCUT2D eigenvalue weighted by Crippen LogP contribution is -2.47. The van der Waals surface area contributed by atoms with Gasteiger partial charge in [0.1, 0.15) is 0 Å². The number of hydrogen-bond acceptors (Lipinski definition) is 5. The van der Waals surface area contributed by atoms with E-state index in [0.29, 0.717) is 6.04 Å². The van der Waals surface area contributed by atoms with Gasteiger partial charge in [0.05, 0.1) is 5.92 Å². The molecule has 2 aliphatic heterocycles. The Morgan fingerprint density at radius 3 is 2.18 bits per heavy atom. The van der Waals surface area contributed by atoms with E-state index in [1.165, 1.54) is 30.8 Å². The van der Waals surface area contributed by atoms with Crippen molar-refractivity contribution in [1.29, 1.82) is 0 Å². The van der Waals surface area contributed by atoms with Crippen LogP contribution in [-0.4, -0.2) is 86.5 Å². The number of amides is 1. The van der Waals surface area contributed by atoms with Crippen LogP contribution in [0, 0.1) is 5.92 Å². The Labute approximate surface area is 133 Å². The first-order chi connectivity index (χ1) is 10.5. The fourth-order valence-electron chi connectivity index (χ4n) is 3.24. The summed E-state index contributed by atoms with van der Waals surface area (Å²) >= 11 is 0. The molecule has 2 rings (SSSR count).